The van der Waals surface area contributed by atoms with E-state index in [1.807, 2.05) is 12.1 Å². The molecule has 0 aromatic carbocycles. The molecule has 0 saturated heterocycles. The van der Waals surface area contributed by atoms with E-state index in [0.717, 1.165) is 0 Å². The molecule has 1 unspecified atom stereocenters. The highest BCUT2D eigenvalue weighted by Gasteiger charge is 2.37. The van der Waals surface area contributed by atoms with Gasteiger partial charge in [-0.15, -0.1) is 5.06 Å². The fourth-order valence-corrected chi connectivity index (χ4v) is 1.94. The van der Waals surface area contributed by atoms with E-state index in [2.05, 4.69) is 22.9 Å². The van der Waals surface area contributed by atoms with Crippen molar-refractivity contribution in [1.82, 2.24) is 5.06 Å². The second-order valence-corrected chi connectivity index (χ2v) is 4.15. The van der Waals surface area contributed by atoms with Gasteiger partial charge in [0.25, 0.3) is 0 Å². The average Bonchev–Trinajstić information content (AvgIpc) is 2.76. The molecule has 0 amide bonds. The molecule has 11 heavy (non-hydrogen) atoms. The van der Waals surface area contributed by atoms with Crippen LogP contribution in [0.3, 0.4) is 0 Å². The monoisotopic (exact) mass is 217 g/mol. The lowest BCUT2D eigenvalue weighted by Gasteiger charge is -2.13. The van der Waals surface area contributed by atoms with Crippen LogP contribution in [-0.4, -0.2) is 18.2 Å². The molecule has 1 aliphatic heterocycles. The second-order valence-electron chi connectivity index (χ2n) is 3.30. The fourth-order valence-electron chi connectivity index (χ4n) is 1.26. The Bertz CT molecular complexity index is 210. The molecule has 62 valence electrons. The number of halogens is 1. The molecule has 0 radical (unpaired) electrons. The standard InChI is InChI=1S/C8H12BrNO/c1-5-7(9)8(6-3-4-6)11-10(5)2/h5-6H,3-4H2,1-2H3. The van der Waals surface area contributed by atoms with Crippen LogP contribution in [0.4, 0.5) is 0 Å². The number of hydrogen-bond donors (Lipinski definition) is 0. The summed E-state index contributed by atoms with van der Waals surface area (Å²) < 4.78 is 1.24. The van der Waals surface area contributed by atoms with Crippen LogP contribution in [0, 0.1) is 5.92 Å². The highest BCUT2D eigenvalue weighted by molar-refractivity contribution is 9.11. The van der Waals surface area contributed by atoms with Gasteiger partial charge in [-0.25, -0.2) is 0 Å². The molecule has 3 heteroatoms. The summed E-state index contributed by atoms with van der Waals surface area (Å²) in [4.78, 5) is 5.58. The Kier molecular flexibility index (Phi) is 1.72. The quantitative estimate of drug-likeness (QED) is 0.669. The summed E-state index contributed by atoms with van der Waals surface area (Å²) in [5, 5.41) is 1.90. The summed E-state index contributed by atoms with van der Waals surface area (Å²) in [6, 6.07) is 0.394. The Morgan fingerprint density at radius 3 is 2.55 bits per heavy atom. The minimum atomic E-state index is 0.394. The largest absolute Gasteiger partial charge is 0.409 e. The zero-order chi connectivity index (χ0) is 8.01. The van der Waals surface area contributed by atoms with Gasteiger partial charge in [0.05, 0.1) is 10.5 Å². The Hall–Kier alpha value is -0.0200. The van der Waals surface area contributed by atoms with Crippen molar-refractivity contribution in [2.45, 2.75) is 25.8 Å². The SMILES string of the molecule is CC1C(Br)=C(C2CC2)ON1C. The first kappa shape index (κ1) is 7.62. The molecule has 0 aromatic heterocycles. The van der Waals surface area contributed by atoms with E-state index in [0.29, 0.717) is 12.0 Å². The third-order valence-corrected chi connectivity index (χ3v) is 3.39. The van der Waals surface area contributed by atoms with Crippen molar-refractivity contribution in [2.24, 2.45) is 5.92 Å². The Morgan fingerprint density at radius 1 is 1.55 bits per heavy atom. The number of nitrogens with zero attached hydrogens (tertiary/aromatic N) is 1. The molecule has 0 aromatic rings. The average molecular weight is 218 g/mol. The molecule has 1 atom stereocenters. The van der Waals surface area contributed by atoms with Gasteiger partial charge in [-0.2, -0.15) is 0 Å². The van der Waals surface area contributed by atoms with Crippen LogP contribution in [0.1, 0.15) is 19.8 Å². The maximum absolute atomic E-state index is 5.58. The molecule has 1 saturated carbocycles. The summed E-state index contributed by atoms with van der Waals surface area (Å²) in [6.07, 6.45) is 2.59. The third-order valence-electron chi connectivity index (χ3n) is 2.34. The van der Waals surface area contributed by atoms with Crippen molar-refractivity contribution in [3.05, 3.63) is 10.2 Å². The van der Waals surface area contributed by atoms with E-state index in [1.165, 1.54) is 23.1 Å². The van der Waals surface area contributed by atoms with Crippen LogP contribution in [0.15, 0.2) is 10.2 Å². The van der Waals surface area contributed by atoms with Crippen LogP contribution >= 0.6 is 15.9 Å². The van der Waals surface area contributed by atoms with Crippen molar-refractivity contribution in [3.8, 4) is 0 Å². The van der Waals surface area contributed by atoms with Gasteiger partial charge in [0, 0.05) is 13.0 Å². The maximum Gasteiger partial charge on any atom is 0.139 e. The lowest BCUT2D eigenvalue weighted by Crippen LogP contribution is -2.22. The van der Waals surface area contributed by atoms with E-state index >= 15 is 0 Å². The summed E-state index contributed by atoms with van der Waals surface area (Å²) in [7, 11) is 1.97. The Balaban J connectivity index is 2.18. The van der Waals surface area contributed by atoms with E-state index < -0.39 is 0 Å². The van der Waals surface area contributed by atoms with Crippen molar-refractivity contribution >= 4 is 15.9 Å². The van der Waals surface area contributed by atoms with Crippen LogP contribution in [0.25, 0.3) is 0 Å². The van der Waals surface area contributed by atoms with Crippen LogP contribution in [-0.2, 0) is 4.84 Å². The van der Waals surface area contributed by atoms with Gasteiger partial charge < -0.3 is 4.84 Å². The Labute approximate surface area is 75.3 Å². The number of hydrogen-bond acceptors (Lipinski definition) is 2. The molecular formula is C8H12BrNO. The van der Waals surface area contributed by atoms with E-state index in [9.17, 15) is 0 Å². The zero-order valence-corrected chi connectivity index (χ0v) is 8.39. The van der Waals surface area contributed by atoms with Crippen LogP contribution in [0.2, 0.25) is 0 Å². The lowest BCUT2D eigenvalue weighted by molar-refractivity contribution is -0.0942. The molecule has 1 heterocycles. The van der Waals surface area contributed by atoms with E-state index in [1.54, 1.807) is 0 Å². The van der Waals surface area contributed by atoms with Gasteiger partial charge >= 0.3 is 0 Å². The molecule has 2 aliphatic rings. The topological polar surface area (TPSA) is 12.5 Å². The molecule has 2 nitrogen and oxygen atoms in total. The summed E-state index contributed by atoms with van der Waals surface area (Å²) in [5.41, 5.74) is 0. The normalized spacial score (nSPS) is 32.8. The van der Waals surface area contributed by atoms with Gasteiger partial charge in [0.15, 0.2) is 0 Å². The second kappa shape index (κ2) is 2.49. The van der Waals surface area contributed by atoms with E-state index in [-0.39, 0.29) is 0 Å². The highest BCUT2D eigenvalue weighted by atomic mass is 79.9. The Morgan fingerprint density at radius 2 is 2.18 bits per heavy atom. The molecule has 0 N–H and O–H groups in total. The third kappa shape index (κ3) is 1.20. The smallest absolute Gasteiger partial charge is 0.139 e. The lowest BCUT2D eigenvalue weighted by atomic mass is 10.2. The summed E-state index contributed by atoms with van der Waals surface area (Å²) in [5.74, 6) is 1.87. The number of hydroxylamine groups is 2. The number of rotatable bonds is 1. The van der Waals surface area contributed by atoms with Gasteiger partial charge in [-0.3, -0.25) is 0 Å². The first-order chi connectivity index (χ1) is 5.20. The van der Waals surface area contributed by atoms with Crippen LogP contribution in [0.5, 0.6) is 0 Å². The van der Waals surface area contributed by atoms with Crippen molar-refractivity contribution in [1.29, 1.82) is 0 Å². The van der Waals surface area contributed by atoms with Crippen molar-refractivity contribution in [2.75, 3.05) is 7.05 Å². The van der Waals surface area contributed by atoms with Crippen molar-refractivity contribution in [3.63, 3.8) is 0 Å². The summed E-state index contributed by atoms with van der Waals surface area (Å²) in [6.45, 7) is 2.14. The maximum atomic E-state index is 5.58. The summed E-state index contributed by atoms with van der Waals surface area (Å²) >= 11 is 3.56. The number of likely N-dealkylation sites (N-methyl/N-ethyl adjacent to an activating group) is 1. The first-order valence-corrected chi connectivity index (χ1v) is 4.80. The molecule has 0 spiro atoms. The predicted molar refractivity (Wildman–Crippen MR) is 47.0 cm³/mol. The minimum Gasteiger partial charge on any atom is -0.409 e. The van der Waals surface area contributed by atoms with Gasteiger partial charge in [-0.1, -0.05) is 15.9 Å². The molecule has 0 bridgehead atoms. The fraction of sp³-hybridized carbons (Fsp3) is 0.750. The molecular weight excluding hydrogens is 206 g/mol. The highest BCUT2D eigenvalue weighted by Crippen LogP contribution is 2.44. The molecule has 1 fully saturated rings. The van der Waals surface area contributed by atoms with Crippen molar-refractivity contribution < 1.29 is 4.84 Å². The molecule has 1 aliphatic carbocycles. The van der Waals surface area contributed by atoms with Crippen LogP contribution < -0.4 is 0 Å². The van der Waals surface area contributed by atoms with Gasteiger partial charge in [0.2, 0.25) is 0 Å². The minimum absolute atomic E-state index is 0.394. The van der Waals surface area contributed by atoms with E-state index in [4.69, 9.17) is 4.84 Å². The number of allylic oxidation sites excluding steroid dienone is 1. The zero-order valence-electron chi connectivity index (χ0n) is 6.80. The predicted octanol–water partition coefficient (Wildman–Crippen LogP) is 2.27. The first-order valence-electron chi connectivity index (χ1n) is 4.00. The van der Waals surface area contributed by atoms with Gasteiger partial charge in [0.1, 0.15) is 5.76 Å². The molecule has 2 rings (SSSR count). The van der Waals surface area contributed by atoms with Gasteiger partial charge in [-0.05, 0) is 19.8 Å².